The number of anilines is 1. The summed E-state index contributed by atoms with van der Waals surface area (Å²) in [7, 11) is 3.90. The topological polar surface area (TPSA) is 68.1 Å². The van der Waals surface area contributed by atoms with E-state index in [1.165, 1.54) is 10.5 Å². The number of carbonyl (C=O) groups is 2. The number of benzene rings is 2. The van der Waals surface area contributed by atoms with Crippen molar-refractivity contribution in [3.8, 4) is 0 Å². The number of nitrogens with zero attached hydrogens (tertiary/aromatic N) is 2. The number of halogens is 1. The van der Waals surface area contributed by atoms with E-state index in [9.17, 15) is 14.4 Å². The predicted octanol–water partition coefficient (Wildman–Crippen LogP) is 4.04. The minimum Gasteiger partial charge on any atom is -0.462 e. The van der Waals surface area contributed by atoms with Gasteiger partial charge in [0.1, 0.15) is 4.83 Å². The molecule has 4 rings (SSSR count). The maximum Gasteiger partial charge on any atom is 0.341 e. The van der Waals surface area contributed by atoms with Crippen molar-refractivity contribution in [3.63, 3.8) is 0 Å². The molecular formula is C25H21ClN2O4S. The molecular weight excluding hydrogens is 460 g/mol. The van der Waals surface area contributed by atoms with Gasteiger partial charge in [0, 0.05) is 30.4 Å². The van der Waals surface area contributed by atoms with Crippen LogP contribution in [0.2, 0.25) is 5.02 Å². The first-order valence-corrected chi connectivity index (χ1v) is 11.4. The standard InChI is InChI=1S/C25H21ClN2O4S/c1-4-32-25(31)19-14-20(22(29)16-7-9-17(26)10-8-16)28-23(30)21(33-24(19)28)13-15-5-11-18(12-6-15)27(2)3/h5-14H,4H2,1-3H3/b21-13-. The minimum absolute atomic E-state index is 0.110. The van der Waals surface area contributed by atoms with E-state index >= 15 is 0 Å². The number of rotatable bonds is 6. The van der Waals surface area contributed by atoms with Gasteiger partial charge >= 0.3 is 5.97 Å². The molecule has 0 radical (unpaired) electrons. The summed E-state index contributed by atoms with van der Waals surface area (Å²) in [5.41, 5.74) is 2.18. The number of ether oxygens (including phenoxy) is 1. The molecule has 2 aromatic carbocycles. The van der Waals surface area contributed by atoms with Gasteiger partial charge in [-0.25, -0.2) is 4.79 Å². The van der Waals surface area contributed by atoms with Gasteiger partial charge in [0.2, 0.25) is 5.78 Å². The molecule has 0 aliphatic rings. The molecule has 0 amide bonds. The van der Waals surface area contributed by atoms with Crippen LogP contribution in [0.1, 0.15) is 38.9 Å². The molecule has 4 aromatic rings. The summed E-state index contributed by atoms with van der Waals surface area (Å²) in [6.45, 7) is 1.89. The van der Waals surface area contributed by atoms with E-state index in [2.05, 4.69) is 0 Å². The quantitative estimate of drug-likeness (QED) is 0.308. The lowest BCUT2D eigenvalue weighted by molar-refractivity contribution is 0.0529. The summed E-state index contributed by atoms with van der Waals surface area (Å²) >= 11 is 7.09. The number of hydrogen-bond acceptors (Lipinski definition) is 6. The first-order chi connectivity index (χ1) is 15.8. The maximum atomic E-state index is 13.3. The predicted molar refractivity (Wildman–Crippen MR) is 132 cm³/mol. The van der Waals surface area contributed by atoms with Crippen LogP contribution in [0.4, 0.5) is 5.69 Å². The largest absolute Gasteiger partial charge is 0.462 e. The van der Waals surface area contributed by atoms with Crippen LogP contribution < -0.4 is 15.0 Å². The Kier molecular flexibility index (Phi) is 6.35. The maximum absolute atomic E-state index is 13.3. The fourth-order valence-electron chi connectivity index (χ4n) is 3.44. The zero-order chi connectivity index (χ0) is 23.7. The average Bonchev–Trinajstić information content (AvgIpc) is 3.32. The number of fused-ring (bicyclic) bond motifs is 1. The fraction of sp³-hybridized carbons (Fsp3) is 0.160. The molecule has 33 heavy (non-hydrogen) atoms. The summed E-state index contributed by atoms with van der Waals surface area (Å²) < 4.78 is 6.88. The molecule has 0 aliphatic carbocycles. The molecule has 0 aliphatic heterocycles. The van der Waals surface area contributed by atoms with Crippen molar-refractivity contribution in [2.45, 2.75) is 6.92 Å². The summed E-state index contributed by atoms with van der Waals surface area (Å²) in [5.74, 6) is -0.956. The van der Waals surface area contributed by atoms with Gasteiger partial charge in [0.05, 0.1) is 22.4 Å². The van der Waals surface area contributed by atoms with Gasteiger partial charge in [0.15, 0.2) is 0 Å². The zero-order valence-corrected chi connectivity index (χ0v) is 19.9. The molecule has 6 nitrogen and oxygen atoms in total. The highest BCUT2D eigenvalue weighted by molar-refractivity contribution is 7.15. The lowest BCUT2D eigenvalue weighted by atomic mass is 10.1. The van der Waals surface area contributed by atoms with Gasteiger partial charge < -0.3 is 9.64 Å². The summed E-state index contributed by atoms with van der Waals surface area (Å²) in [4.78, 5) is 41.5. The molecule has 0 saturated carbocycles. The number of carbonyl (C=O) groups excluding carboxylic acids is 2. The Morgan fingerprint density at radius 1 is 1.09 bits per heavy atom. The van der Waals surface area contributed by atoms with Gasteiger partial charge in [-0.1, -0.05) is 23.7 Å². The Morgan fingerprint density at radius 3 is 2.36 bits per heavy atom. The van der Waals surface area contributed by atoms with E-state index in [0.717, 1.165) is 22.6 Å². The van der Waals surface area contributed by atoms with Gasteiger partial charge in [-0.2, -0.15) is 0 Å². The van der Waals surface area contributed by atoms with Crippen LogP contribution in [-0.2, 0) is 4.74 Å². The molecule has 0 fully saturated rings. The minimum atomic E-state index is -0.576. The molecule has 0 spiro atoms. The Morgan fingerprint density at radius 2 is 1.76 bits per heavy atom. The summed E-state index contributed by atoms with van der Waals surface area (Å²) in [6.07, 6.45) is 1.75. The second-order valence-corrected chi connectivity index (χ2v) is 9.01. The first-order valence-electron chi connectivity index (χ1n) is 10.2. The van der Waals surface area contributed by atoms with Crippen LogP contribution in [-0.4, -0.2) is 36.9 Å². The fourth-order valence-corrected chi connectivity index (χ4v) is 4.67. The van der Waals surface area contributed by atoms with Crippen LogP contribution in [0.15, 0.2) is 59.4 Å². The average molecular weight is 481 g/mol. The molecule has 168 valence electrons. The third kappa shape index (κ3) is 4.42. The normalized spacial score (nSPS) is 11.7. The van der Waals surface area contributed by atoms with Crippen molar-refractivity contribution in [1.29, 1.82) is 0 Å². The Hall–Kier alpha value is -3.42. The molecule has 0 saturated heterocycles. The Balaban J connectivity index is 1.89. The molecule has 8 heteroatoms. The first kappa shape index (κ1) is 22.8. The second kappa shape index (κ2) is 9.21. The van der Waals surface area contributed by atoms with E-state index in [4.69, 9.17) is 16.3 Å². The van der Waals surface area contributed by atoms with E-state index in [0.29, 0.717) is 19.9 Å². The lowest BCUT2D eigenvalue weighted by Gasteiger charge is -2.11. The molecule has 2 aromatic heterocycles. The smallest absolute Gasteiger partial charge is 0.341 e. The third-order valence-corrected chi connectivity index (χ3v) is 6.48. The summed E-state index contributed by atoms with van der Waals surface area (Å²) in [5, 5.41) is 0.497. The Bertz CT molecular complexity index is 1450. The second-order valence-electron chi connectivity index (χ2n) is 7.54. The number of hydrogen-bond donors (Lipinski definition) is 0. The van der Waals surface area contributed by atoms with Crippen LogP contribution >= 0.6 is 22.9 Å². The highest BCUT2D eigenvalue weighted by atomic mass is 35.5. The summed E-state index contributed by atoms with van der Waals surface area (Å²) in [6, 6.07) is 15.5. The molecule has 0 bridgehead atoms. The monoisotopic (exact) mass is 480 g/mol. The van der Waals surface area contributed by atoms with Crippen LogP contribution in [0, 0.1) is 0 Å². The molecule has 2 heterocycles. The van der Waals surface area contributed by atoms with Crippen molar-refractivity contribution < 1.29 is 14.3 Å². The van der Waals surface area contributed by atoms with Crippen LogP contribution in [0.5, 0.6) is 0 Å². The number of thiazole rings is 1. The van der Waals surface area contributed by atoms with E-state index in [1.807, 2.05) is 43.3 Å². The van der Waals surface area contributed by atoms with E-state index < -0.39 is 5.97 Å². The zero-order valence-electron chi connectivity index (χ0n) is 18.3. The van der Waals surface area contributed by atoms with Gasteiger partial charge in [-0.15, -0.1) is 11.3 Å². The van der Waals surface area contributed by atoms with Gasteiger partial charge in [-0.3, -0.25) is 14.0 Å². The van der Waals surface area contributed by atoms with Crippen LogP contribution in [0.3, 0.4) is 0 Å². The molecule has 0 unspecified atom stereocenters. The van der Waals surface area contributed by atoms with Crippen molar-refractivity contribution in [2.75, 3.05) is 25.6 Å². The third-order valence-electron chi connectivity index (χ3n) is 5.12. The van der Waals surface area contributed by atoms with Crippen molar-refractivity contribution in [1.82, 2.24) is 4.40 Å². The van der Waals surface area contributed by atoms with Crippen LogP contribution in [0.25, 0.3) is 10.9 Å². The van der Waals surface area contributed by atoms with Crippen molar-refractivity contribution in [2.24, 2.45) is 0 Å². The number of aromatic nitrogens is 1. The molecule has 0 N–H and O–H groups in total. The molecule has 0 atom stereocenters. The number of ketones is 1. The van der Waals surface area contributed by atoms with Crippen molar-refractivity contribution >= 4 is 51.3 Å². The van der Waals surface area contributed by atoms with E-state index in [-0.39, 0.29) is 29.2 Å². The lowest BCUT2D eigenvalue weighted by Crippen LogP contribution is -2.25. The SMILES string of the molecule is CCOC(=O)c1cc(C(=O)c2ccc(Cl)cc2)n2c(=O)/c(=C/c3ccc(N(C)C)cc3)sc12. The number of esters is 1. The van der Waals surface area contributed by atoms with E-state index in [1.54, 1.807) is 37.3 Å². The Labute approximate surface area is 199 Å². The van der Waals surface area contributed by atoms with Crippen molar-refractivity contribution in [3.05, 3.63) is 96.9 Å². The van der Waals surface area contributed by atoms with Gasteiger partial charge in [0.25, 0.3) is 5.56 Å². The highest BCUT2D eigenvalue weighted by Gasteiger charge is 2.25. The highest BCUT2D eigenvalue weighted by Crippen LogP contribution is 2.23. The van der Waals surface area contributed by atoms with Gasteiger partial charge in [-0.05, 0) is 61.0 Å².